The summed E-state index contributed by atoms with van der Waals surface area (Å²) in [6.07, 6.45) is 0.165. The SMILES string of the molecule is COc1cc(Cl)c(C)cc1N(CCC(=O)Nc1ccccc1C)C(C)=O. The monoisotopic (exact) mass is 374 g/mol. The van der Waals surface area contributed by atoms with Crippen LogP contribution in [0.4, 0.5) is 11.4 Å². The molecule has 0 fully saturated rings. The molecule has 1 N–H and O–H groups in total. The van der Waals surface area contributed by atoms with Gasteiger partial charge in [0.15, 0.2) is 0 Å². The first kappa shape index (κ1) is 19.8. The number of hydrogen-bond donors (Lipinski definition) is 1. The molecule has 0 aliphatic rings. The standard InChI is InChI=1S/C20H23ClN2O3/c1-13-7-5-6-8-17(13)22-20(25)9-10-23(15(3)24)18-11-14(2)16(21)12-19(18)26-4/h5-8,11-12H,9-10H2,1-4H3,(H,22,25). The number of halogens is 1. The summed E-state index contributed by atoms with van der Waals surface area (Å²) in [7, 11) is 1.52. The summed E-state index contributed by atoms with van der Waals surface area (Å²) >= 11 is 6.13. The number of anilines is 2. The van der Waals surface area contributed by atoms with E-state index in [1.165, 1.54) is 18.9 Å². The lowest BCUT2D eigenvalue weighted by atomic mass is 10.1. The zero-order chi connectivity index (χ0) is 19.3. The molecule has 5 nitrogen and oxygen atoms in total. The highest BCUT2D eigenvalue weighted by Crippen LogP contribution is 2.34. The van der Waals surface area contributed by atoms with Crippen molar-refractivity contribution in [1.29, 1.82) is 0 Å². The molecule has 0 radical (unpaired) electrons. The van der Waals surface area contributed by atoms with Crippen LogP contribution < -0.4 is 15.0 Å². The third-order valence-corrected chi connectivity index (χ3v) is 4.52. The number of rotatable bonds is 6. The molecule has 0 spiro atoms. The predicted molar refractivity (Wildman–Crippen MR) is 105 cm³/mol. The first-order valence-electron chi connectivity index (χ1n) is 8.31. The predicted octanol–water partition coefficient (Wildman–Crippen LogP) is 4.35. The molecule has 0 saturated heterocycles. The van der Waals surface area contributed by atoms with E-state index in [-0.39, 0.29) is 24.8 Å². The van der Waals surface area contributed by atoms with Gasteiger partial charge in [-0.25, -0.2) is 0 Å². The van der Waals surface area contributed by atoms with Gasteiger partial charge >= 0.3 is 0 Å². The fourth-order valence-electron chi connectivity index (χ4n) is 2.61. The Kier molecular flexibility index (Phi) is 6.64. The van der Waals surface area contributed by atoms with Crippen molar-refractivity contribution in [3.63, 3.8) is 0 Å². The number of methoxy groups -OCH3 is 1. The lowest BCUT2D eigenvalue weighted by Crippen LogP contribution is -2.32. The molecule has 2 aromatic carbocycles. The Hall–Kier alpha value is -2.53. The van der Waals surface area contributed by atoms with E-state index in [0.29, 0.717) is 16.5 Å². The minimum Gasteiger partial charge on any atom is -0.495 e. The topological polar surface area (TPSA) is 58.6 Å². The van der Waals surface area contributed by atoms with Crippen LogP contribution in [0.1, 0.15) is 24.5 Å². The molecule has 0 atom stereocenters. The van der Waals surface area contributed by atoms with Gasteiger partial charge in [-0.15, -0.1) is 0 Å². The largest absolute Gasteiger partial charge is 0.495 e. The summed E-state index contributed by atoms with van der Waals surface area (Å²) < 4.78 is 5.35. The Morgan fingerprint density at radius 2 is 1.85 bits per heavy atom. The smallest absolute Gasteiger partial charge is 0.226 e. The second-order valence-corrected chi connectivity index (χ2v) is 6.46. The number of hydrogen-bond acceptors (Lipinski definition) is 3. The first-order valence-corrected chi connectivity index (χ1v) is 8.69. The number of para-hydroxylation sites is 1. The van der Waals surface area contributed by atoms with E-state index in [0.717, 1.165) is 16.8 Å². The molecule has 2 amide bonds. The summed E-state index contributed by atoms with van der Waals surface area (Å²) in [6.45, 7) is 5.49. The van der Waals surface area contributed by atoms with Crippen molar-refractivity contribution >= 4 is 34.8 Å². The maximum absolute atomic E-state index is 12.3. The molecule has 0 aliphatic heterocycles. The minimum atomic E-state index is -0.172. The molecular formula is C20H23ClN2O3. The van der Waals surface area contributed by atoms with Gasteiger partial charge in [0.05, 0.1) is 12.8 Å². The van der Waals surface area contributed by atoms with E-state index in [1.807, 2.05) is 38.1 Å². The van der Waals surface area contributed by atoms with Gasteiger partial charge in [-0.05, 0) is 37.1 Å². The van der Waals surface area contributed by atoms with Crippen molar-refractivity contribution in [3.8, 4) is 5.75 Å². The van der Waals surface area contributed by atoms with Crippen LogP contribution in [0.15, 0.2) is 36.4 Å². The summed E-state index contributed by atoms with van der Waals surface area (Å²) in [5.74, 6) is 0.166. The Bertz CT molecular complexity index is 821. The minimum absolute atomic E-state index is 0.157. The summed E-state index contributed by atoms with van der Waals surface area (Å²) in [4.78, 5) is 26.0. The summed E-state index contributed by atoms with van der Waals surface area (Å²) in [6, 6.07) is 11.0. The fraction of sp³-hybridized carbons (Fsp3) is 0.300. The van der Waals surface area contributed by atoms with Crippen molar-refractivity contribution in [2.45, 2.75) is 27.2 Å². The van der Waals surface area contributed by atoms with Gasteiger partial charge in [0, 0.05) is 36.7 Å². The van der Waals surface area contributed by atoms with Crippen molar-refractivity contribution in [2.24, 2.45) is 0 Å². The number of nitrogens with zero attached hydrogens (tertiary/aromatic N) is 1. The average molecular weight is 375 g/mol. The molecular weight excluding hydrogens is 352 g/mol. The normalized spacial score (nSPS) is 10.3. The number of benzene rings is 2. The van der Waals surface area contributed by atoms with Gasteiger partial charge < -0.3 is 15.0 Å². The van der Waals surface area contributed by atoms with Crippen LogP contribution in [-0.2, 0) is 9.59 Å². The quantitative estimate of drug-likeness (QED) is 0.817. The second kappa shape index (κ2) is 8.72. The molecule has 0 bridgehead atoms. The molecule has 2 aromatic rings. The van der Waals surface area contributed by atoms with Crippen LogP contribution in [-0.4, -0.2) is 25.5 Å². The molecule has 138 valence electrons. The van der Waals surface area contributed by atoms with Gasteiger partial charge in [-0.1, -0.05) is 29.8 Å². The number of amides is 2. The Balaban J connectivity index is 2.14. The van der Waals surface area contributed by atoms with Crippen LogP contribution in [0.2, 0.25) is 5.02 Å². The third-order valence-electron chi connectivity index (χ3n) is 4.11. The van der Waals surface area contributed by atoms with E-state index in [1.54, 1.807) is 12.1 Å². The van der Waals surface area contributed by atoms with Gasteiger partial charge in [-0.3, -0.25) is 9.59 Å². The zero-order valence-electron chi connectivity index (χ0n) is 15.4. The number of nitrogens with one attached hydrogen (secondary N) is 1. The molecule has 2 rings (SSSR count). The highest BCUT2D eigenvalue weighted by molar-refractivity contribution is 6.31. The molecule has 0 unspecified atom stereocenters. The summed E-state index contributed by atoms with van der Waals surface area (Å²) in [5, 5.41) is 3.44. The van der Waals surface area contributed by atoms with Crippen LogP contribution in [0.25, 0.3) is 0 Å². The Labute approximate surface area is 158 Å². The van der Waals surface area contributed by atoms with Gasteiger partial charge in [0.2, 0.25) is 11.8 Å². The van der Waals surface area contributed by atoms with Crippen LogP contribution >= 0.6 is 11.6 Å². The van der Waals surface area contributed by atoms with Crippen LogP contribution in [0.5, 0.6) is 5.75 Å². The van der Waals surface area contributed by atoms with Crippen molar-refractivity contribution < 1.29 is 14.3 Å². The summed E-state index contributed by atoms with van der Waals surface area (Å²) in [5.41, 5.74) is 3.19. The van der Waals surface area contributed by atoms with E-state index < -0.39 is 0 Å². The van der Waals surface area contributed by atoms with E-state index in [4.69, 9.17) is 16.3 Å². The third kappa shape index (κ3) is 4.76. The molecule has 0 saturated carbocycles. The molecule has 26 heavy (non-hydrogen) atoms. The Morgan fingerprint density at radius 1 is 1.15 bits per heavy atom. The number of carbonyl (C=O) groups excluding carboxylic acids is 2. The molecule has 0 aromatic heterocycles. The lowest BCUT2D eigenvalue weighted by molar-refractivity contribution is -0.117. The van der Waals surface area contributed by atoms with Crippen molar-refractivity contribution in [2.75, 3.05) is 23.9 Å². The molecule has 0 heterocycles. The van der Waals surface area contributed by atoms with Gasteiger partial charge in [-0.2, -0.15) is 0 Å². The van der Waals surface area contributed by atoms with Crippen molar-refractivity contribution in [1.82, 2.24) is 0 Å². The molecule has 0 aliphatic carbocycles. The van der Waals surface area contributed by atoms with Crippen LogP contribution in [0, 0.1) is 13.8 Å². The zero-order valence-corrected chi connectivity index (χ0v) is 16.2. The number of aryl methyl sites for hydroxylation is 2. The number of carbonyl (C=O) groups is 2. The van der Waals surface area contributed by atoms with Gasteiger partial charge in [0.1, 0.15) is 5.75 Å². The fourth-order valence-corrected chi connectivity index (χ4v) is 2.76. The highest BCUT2D eigenvalue weighted by Gasteiger charge is 2.19. The van der Waals surface area contributed by atoms with Crippen molar-refractivity contribution in [3.05, 3.63) is 52.5 Å². The van der Waals surface area contributed by atoms with E-state index in [2.05, 4.69) is 5.32 Å². The Morgan fingerprint density at radius 3 is 2.46 bits per heavy atom. The first-order chi connectivity index (χ1) is 12.3. The highest BCUT2D eigenvalue weighted by atomic mass is 35.5. The average Bonchev–Trinajstić information content (AvgIpc) is 2.59. The van der Waals surface area contributed by atoms with Crippen LogP contribution in [0.3, 0.4) is 0 Å². The van der Waals surface area contributed by atoms with E-state index >= 15 is 0 Å². The van der Waals surface area contributed by atoms with Gasteiger partial charge in [0.25, 0.3) is 0 Å². The molecule has 6 heteroatoms. The maximum atomic E-state index is 12.3. The maximum Gasteiger partial charge on any atom is 0.226 e. The second-order valence-electron chi connectivity index (χ2n) is 6.06. The lowest BCUT2D eigenvalue weighted by Gasteiger charge is -2.24. The number of ether oxygens (including phenoxy) is 1. The van der Waals surface area contributed by atoms with E-state index in [9.17, 15) is 9.59 Å².